The third-order valence-corrected chi connectivity index (χ3v) is 4.21. The zero-order valence-corrected chi connectivity index (χ0v) is 17.5. The van der Waals surface area contributed by atoms with Gasteiger partial charge in [-0.1, -0.05) is 38.7 Å². The summed E-state index contributed by atoms with van der Waals surface area (Å²) in [5.41, 5.74) is 1.67. The Hall–Kier alpha value is -2.24. The van der Waals surface area contributed by atoms with Gasteiger partial charge in [0.25, 0.3) is 0 Å². The predicted molar refractivity (Wildman–Crippen MR) is 113 cm³/mol. The van der Waals surface area contributed by atoms with E-state index in [1.165, 1.54) is 32.6 Å². The van der Waals surface area contributed by atoms with E-state index in [0.717, 1.165) is 24.5 Å². The molecule has 1 atom stereocenters. The molecule has 0 fully saturated rings. The first kappa shape index (κ1) is 22.8. The molecule has 27 heavy (non-hydrogen) atoms. The van der Waals surface area contributed by atoms with Crippen molar-refractivity contribution in [3.8, 4) is 5.75 Å². The van der Waals surface area contributed by atoms with E-state index in [2.05, 4.69) is 41.7 Å². The van der Waals surface area contributed by atoms with Crippen molar-refractivity contribution >= 4 is 17.6 Å². The number of aliphatic imine (C=N–C) groups is 1. The van der Waals surface area contributed by atoms with Gasteiger partial charge in [0, 0.05) is 19.5 Å². The highest BCUT2D eigenvalue weighted by Gasteiger charge is 2.08. The van der Waals surface area contributed by atoms with Crippen LogP contribution in [0.15, 0.2) is 23.2 Å². The quantitative estimate of drug-likeness (QED) is 0.309. The Bertz CT molecular complexity index is 602. The van der Waals surface area contributed by atoms with Crippen LogP contribution in [0.5, 0.6) is 5.75 Å². The molecule has 0 aliphatic heterocycles. The van der Waals surface area contributed by atoms with Gasteiger partial charge in [-0.2, -0.15) is 0 Å². The lowest BCUT2D eigenvalue weighted by atomic mass is 10.1. The first-order valence-corrected chi connectivity index (χ1v) is 9.99. The smallest absolute Gasteiger partial charge is 0.221 e. The third-order valence-electron chi connectivity index (χ3n) is 4.21. The molecule has 0 aliphatic carbocycles. The Kier molecular flexibility index (Phi) is 11.0. The summed E-state index contributed by atoms with van der Waals surface area (Å²) in [5.74, 6) is 1.34. The number of rotatable bonds is 11. The summed E-state index contributed by atoms with van der Waals surface area (Å²) in [6.45, 7) is 9.31. The highest BCUT2D eigenvalue weighted by atomic mass is 16.5. The summed E-state index contributed by atoms with van der Waals surface area (Å²) in [5, 5.41) is 9.58. The maximum absolute atomic E-state index is 11.4. The lowest BCUT2D eigenvalue weighted by molar-refractivity contribution is -0.114. The number of hydrogen-bond donors (Lipinski definition) is 3. The molecule has 6 nitrogen and oxygen atoms in total. The van der Waals surface area contributed by atoms with Crippen LogP contribution in [0, 0.1) is 0 Å². The van der Waals surface area contributed by atoms with Crippen LogP contribution in [0.4, 0.5) is 5.69 Å². The summed E-state index contributed by atoms with van der Waals surface area (Å²) >= 11 is 0. The molecule has 0 aliphatic rings. The number of nitrogens with one attached hydrogen (secondary N) is 3. The van der Waals surface area contributed by atoms with Gasteiger partial charge in [-0.25, -0.2) is 4.99 Å². The SMILES string of the molecule is CCCCCCC(C)NC(=NCc1ccc(OC)c(NC(C)=O)c1)NCC. The summed E-state index contributed by atoms with van der Waals surface area (Å²) in [4.78, 5) is 16.1. The van der Waals surface area contributed by atoms with E-state index in [4.69, 9.17) is 4.74 Å². The number of ether oxygens (including phenoxy) is 1. The van der Waals surface area contributed by atoms with Gasteiger partial charge in [0.1, 0.15) is 5.75 Å². The number of anilines is 1. The van der Waals surface area contributed by atoms with E-state index >= 15 is 0 Å². The van der Waals surface area contributed by atoms with Crippen molar-refractivity contribution in [2.24, 2.45) is 4.99 Å². The molecule has 6 heteroatoms. The highest BCUT2D eigenvalue weighted by molar-refractivity contribution is 5.90. The average Bonchev–Trinajstić information content (AvgIpc) is 2.63. The van der Waals surface area contributed by atoms with Gasteiger partial charge < -0.3 is 20.7 Å². The van der Waals surface area contributed by atoms with Gasteiger partial charge in [-0.3, -0.25) is 4.79 Å². The number of hydrogen-bond acceptors (Lipinski definition) is 3. The fraction of sp³-hybridized carbons (Fsp3) is 0.619. The van der Waals surface area contributed by atoms with Gasteiger partial charge in [0.05, 0.1) is 19.3 Å². The Labute approximate surface area is 164 Å². The molecule has 0 bridgehead atoms. The van der Waals surface area contributed by atoms with Gasteiger partial charge in [-0.15, -0.1) is 0 Å². The Morgan fingerprint density at radius 2 is 2.00 bits per heavy atom. The zero-order chi connectivity index (χ0) is 20.1. The monoisotopic (exact) mass is 376 g/mol. The van der Waals surface area contributed by atoms with E-state index in [9.17, 15) is 4.79 Å². The molecule has 152 valence electrons. The predicted octanol–water partition coefficient (Wildman–Crippen LogP) is 4.07. The van der Waals surface area contributed by atoms with E-state index in [0.29, 0.717) is 24.0 Å². The third kappa shape index (κ3) is 9.31. The lowest BCUT2D eigenvalue weighted by Gasteiger charge is -2.18. The second kappa shape index (κ2) is 13.0. The maximum Gasteiger partial charge on any atom is 0.221 e. The fourth-order valence-electron chi connectivity index (χ4n) is 2.81. The molecule has 3 N–H and O–H groups in total. The standard InChI is InChI=1S/C21H36N4O2/c1-6-8-9-10-11-16(3)24-21(22-7-2)23-15-18-12-13-20(27-5)19(14-18)25-17(4)26/h12-14,16H,6-11,15H2,1-5H3,(H,25,26)(H2,22,23,24). The van der Waals surface area contributed by atoms with Crippen LogP contribution >= 0.6 is 0 Å². The van der Waals surface area contributed by atoms with Crippen molar-refractivity contribution in [2.75, 3.05) is 19.0 Å². The van der Waals surface area contributed by atoms with Crippen LogP contribution in [0.1, 0.15) is 65.4 Å². The highest BCUT2D eigenvalue weighted by Crippen LogP contribution is 2.25. The van der Waals surface area contributed by atoms with Gasteiger partial charge in [-0.05, 0) is 38.0 Å². The molecule has 0 saturated carbocycles. The Morgan fingerprint density at radius 3 is 2.63 bits per heavy atom. The molecule has 1 aromatic rings. The second-order valence-corrected chi connectivity index (χ2v) is 6.81. The number of benzene rings is 1. The minimum absolute atomic E-state index is 0.124. The van der Waals surface area contributed by atoms with Crippen LogP contribution in [-0.4, -0.2) is 31.6 Å². The number of guanidine groups is 1. The normalized spacial score (nSPS) is 12.4. The van der Waals surface area contributed by atoms with Crippen molar-refractivity contribution in [1.82, 2.24) is 10.6 Å². The zero-order valence-electron chi connectivity index (χ0n) is 17.5. The molecular formula is C21H36N4O2. The van der Waals surface area contributed by atoms with E-state index < -0.39 is 0 Å². The second-order valence-electron chi connectivity index (χ2n) is 6.81. The average molecular weight is 377 g/mol. The Morgan fingerprint density at radius 1 is 1.22 bits per heavy atom. The van der Waals surface area contributed by atoms with Crippen LogP contribution in [0.25, 0.3) is 0 Å². The van der Waals surface area contributed by atoms with Crippen molar-refractivity contribution in [2.45, 2.75) is 72.4 Å². The molecule has 1 aromatic carbocycles. The maximum atomic E-state index is 11.4. The van der Waals surface area contributed by atoms with Gasteiger partial charge in [0.2, 0.25) is 5.91 Å². The largest absolute Gasteiger partial charge is 0.495 e. The van der Waals surface area contributed by atoms with Crippen molar-refractivity contribution in [3.05, 3.63) is 23.8 Å². The molecule has 0 saturated heterocycles. The van der Waals surface area contributed by atoms with Crippen molar-refractivity contribution in [1.29, 1.82) is 0 Å². The molecule has 0 radical (unpaired) electrons. The van der Waals surface area contributed by atoms with Crippen molar-refractivity contribution in [3.63, 3.8) is 0 Å². The molecule has 0 spiro atoms. The number of methoxy groups -OCH3 is 1. The van der Waals surface area contributed by atoms with Crippen LogP contribution < -0.4 is 20.7 Å². The number of unbranched alkanes of at least 4 members (excludes halogenated alkanes) is 3. The van der Waals surface area contributed by atoms with E-state index in [1.54, 1.807) is 7.11 Å². The summed E-state index contributed by atoms with van der Waals surface area (Å²) in [6, 6.07) is 6.10. The molecular weight excluding hydrogens is 340 g/mol. The van der Waals surface area contributed by atoms with Crippen LogP contribution in [-0.2, 0) is 11.3 Å². The minimum Gasteiger partial charge on any atom is -0.495 e. The van der Waals surface area contributed by atoms with Crippen molar-refractivity contribution < 1.29 is 9.53 Å². The summed E-state index contributed by atoms with van der Waals surface area (Å²) in [7, 11) is 1.59. The first-order valence-electron chi connectivity index (χ1n) is 9.99. The topological polar surface area (TPSA) is 74.8 Å². The fourth-order valence-corrected chi connectivity index (χ4v) is 2.81. The number of carbonyl (C=O) groups is 1. The Balaban J connectivity index is 2.72. The van der Waals surface area contributed by atoms with E-state index in [-0.39, 0.29) is 5.91 Å². The number of nitrogens with zero attached hydrogens (tertiary/aromatic N) is 1. The number of carbonyl (C=O) groups excluding carboxylic acids is 1. The summed E-state index contributed by atoms with van der Waals surface area (Å²) < 4.78 is 5.30. The van der Waals surface area contributed by atoms with Gasteiger partial charge >= 0.3 is 0 Å². The molecule has 1 unspecified atom stereocenters. The first-order chi connectivity index (χ1) is 13.0. The van der Waals surface area contributed by atoms with E-state index in [1.807, 2.05) is 18.2 Å². The molecule has 0 heterocycles. The molecule has 1 amide bonds. The molecule has 1 rings (SSSR count). The van der Waals surface area contributed by atoms with Crippen LogP contribution in [0.2, 0.25) is 0 Å². The number of amides is 1. The lowest BCUT2D eigenvalue weighted by Crippen LogP contribution is -2.42. The molecule has 0 aromatic heterocycles. The summed E-state index contributed by atoms with van der Waals surface area (Å²) in [6.07, 6.45) is 6.22. The minimum atomic E-state index is -0.124. The van der Waals surface area contributed by atoms with Crippen LogP contribution in [0.3, 0.4) is 0 Å². The van der Waals surface area contributed by atoms with Gasteiger partial charge in [0.15, 0.2) is 5.96 Å².